The van der Waals surface area contributed by atoms with Crippen molar-refractivity contribution in [1.82, 2.24) is 14.5 Å². The molecule has 132 valence electrons. The van der Waals surface area contributed by atoms with Gasteiger partial charge < -0.3 is 4.57 Å². The van der Waals surface area contributed by atoms with Gasteiger partial charge in [0.05, 0.1) is 17.1 Å². The number of pyridine rings is 1. The van der Waals surface area contributed by atoms with Crippen molar-refractivity contribution >= 4 is 23.5 Å². The number of rotatable bonds is 4. The minimum atomic E-state index is 0.993. The normalized spacial score (nSPS) is 12.9. The standard InChI is InChI=1S/C21H21N3S2/c1-14(2)13-26-17-6-4-16(5-7-17)19-20(18-12-15(3)8-9-22-18)24-10-11-25-21(24)23-19/h4-9,12-13H,10-11H2,1-3H3. The van der Waals surface area contributed by atoms with E-state index in [0.29, 0.717) is 0 Å². The summed E-state index contributed by atoms with van der Waals surface area (Å²) in [6.45, 7) is 7.34. The Kier molecular flexibility index (Phi) is 4.92. The number of aryl methyl sites for hydroxylation is 1. The van der Waals surface area contributed by atoms with Crippen molar-refractivity contribution in [3.8, 4) is 22.6 Å². The monoisotopic (exact) mass is 379 g/mol. The van der Waals surface area contributed by atoms with Crippen LogP contribution in [0.15, 0.2) is 63.6 Å². The van der Waals surface area contributed by atoms with Crippen molar-refractivity contribution in [2.24, 2.45) is 0 Å². The summed E-state index contributed by atoms with van der Waals surface area (Å²) < 4.78 is 2.31. The lowest BCUT2D eigenvalue weighted by Crippen LogP contribution is -1.99. The third kappa shape index (κ3) is 3.46. The van der Waals surface area contributed by atoms with Crippen LogP contribution in [0.3, 0.4) is 0 Å². The van der Waals surface area contributed by atoms with Gasteiger partial charge in [-0.1, -0.05) is 41.2 Å². The molecule has 2 aromatic heterocycles. The fourth-order valence-corrected chi connectivity index (χ4v) is 4.60. The molecule has 26 heavy (non-hydrogen) atoms. The van der Waals surface area contributed by atoms with E-state index in [1.165, 1.54) is 16.0 Å². The number of fused-ring (bicyclic) bond motifs is 1. The maximum Gasteiger partial charge on any atom is 0.169 e. The number of nitrogens with zero attached hydrogens (tertiary/aromatic N) is 3. The van der Waals surface area contributed by atoms with Gasteiger partial charge in [0.1, 0.15) is 0 Å². The van der Waals surface area contributed by atoms with Crippen LogP contribution in [0.25, 0.3) is 22.6 Å². The molecule has 0 atom stereocenters. The molecule has 0 bridgehead atoms. The smallest absolute Gasteiger partial charge is 0.169 e. The average Bonchev–Trinajstić information content (AvgIpc) is 3.21. The Morgan fingerprint density at radius 2 is 2.00 bits per heavy atom. The molecule has 3 nitrogen and oxygen atoms in total. The van der Waals surface area contributed by atoms with E-state index in [-0.39, 0.29) is 0 Å². The molecule has 0 N–H and O–H groups in total. The maximum atomic E-state index is 4.94. The van der Waals surface area contributed by atoms with Gasteiger partial charge in [0.25, 0.3) is 0 Å². The summed E-state index contributed by atoms with van der Waals surface area (Å²) in [7, 11) is 0. The van der Waals surface area contributed by atoms with Gasteiger partial charge in [-0.05, 0) is 56.0 Å². The SMILES string of the molecule is CC(C)=CSc1ccc(-c2nc3n(c2-c2cc(C)ccn2)CCS3)cc1. The Hall–Kier alpha value is -1.98. The van der Waals surface area contributed by atoms with Gasteiger partial charge in [-0.25, -0.2) is 4.98 Å². The molecule has 0 amide bonds. The van der Waals surface area contributed by atoms with Gasteiger partial charge in [-0.15, -0.1) is 0 Å². The van der Waals surface area contributed by atoms with Gasteiger partial charge in [0.2, 0.25) is 0 Å². The van der Waals surface area contributed by atoms with Crippen LogP contribution in [0.5, 0.6) is 0 Å². The van der Waals surface area contributed by atoms with E-state index in [9.17, 15) is 0 Å². The third-order valence-electron chi connectivity index (χ3n) is 4.20. The van der Waals surface area contributed by atoms with Crippen molar-refractivity contribution in [3.05, 3.63) is 59.1 Å². The van der Waals surface area contributed by atoms with Crippen LogP contribution in [-0.4, -0.2) is 20.3 Å². The Balaban J connectivity index is 1.76. The van der Waals surface area contributed by atoms with Crippen LogP contribution in [0.4, 0.5) is 0 Å². The molecule has 0 aliphatic carbocycles. The fraction of sp³-hybridized carbons (Fsp3) is 0.238. The zero-order chi connectivity index (χ0) is 18.1. The summed E-state index contributed by atoms with van der Waals surface area (Å²) in [4.78, 5) is 10.8. The van der Waals surface area contributed by atoms with Crippen LogP contribution in [0, 0.1) is 6.92 Å². The largest absolute Gasteiger partial charge is 0.316 e. The fourth-order valence-electron chi connectivity index (χ4n) is 2.98. The highest BCUT2D eigenvalue weighted by atomic mass is 32.2. The minimum absolute atomic E-state index is 0.993. The first kappa shape index (κ1) is 17.4. The highest BCUT2D eigenvalue weighted by Gasteiger charge is 2.24. The summed E-state index contributed by atoms with van der Waals surface area (Å²) in [5.74, 6) is 1.08. The first-order valence-corrected chi connectivity index (χ1v) is 10.5. The quantitative estimate of drug-likeness (QED) is 0.517. The Labute approximate surface area is 163 Å². The highest BCUT2D eigenvalue weighted by molar-refractivity contribution is 8.02. The molecule has 1 aliphatic rings. The third-order valence-corrected chi connectivity index (χ3v) is 6.29. The summed E-state index contributed by atoms with van der Waals surface area (Å²) in [5.41, 5.74) is 6.85. The molecule has 1 aromatic carbocycles. The summed E-state index contributed by atoms with van der Waals surface area (Å²) in [6, 6.07) is 12.9. The van der Waals surface area contributed by atoms with E-state index in [0.717, 1.165) is 40.1 Å². The van der Waals surface area contributed by atoms with Crippen LogP contribution in [0.1, 0.15) is 19.4 Å². The summed E-state index contributed by atoms with van der Waals surface area (Å²) >= 11 is 3.58. The lowest BCUT2D eigenvalue weighted by Gasteiger charge is -2.08. The first-order chi connectivity index (χ1) is 12.6. The second-order valence-corrected chi connectivity index (χ2v) is 8.65. The second kappa shape index (κ2) is 7.33. The van der Waals surface area contributed by atoms with Crippen LogP contribution >= 0.6 is 23.5 Å². The van der Waals surface area contributed by atoms with Crippen LogP contribution < -0.4 is 0 Å². The predicted molar refractivity (Wildman–Crippen MR) is 112 cm³/mol. The first-order valence-electron chi connectivity index (χ1n) is 8.68. The lowest BCUT2D eigenvalue weighted by molar-refractivity contribution is 0.724. The van der Waals surface area contributed by atoms with Crippen molar-refractivity contribution in [1.29, 1.82) is 0 Å². The molecule has 0 saturated heterocycles. The van der Waals surface area contributed by atoms with Crippen molar-refractivity contribution in [2.45, 2.75) is 37.4 Å². The van der Waals surface area contributed by atoms with Crippen molar-refractivity contribution in [3.63, 3.8) is 0 Å². The zero-order valence-corrected chi connectivity index (χ0v) is 16.8. The summed E-state index contributed by atoms with van der Waals surface area (Å²) in [5, 5.41) is 3.28. The molecule has 0 saturated carbocycles. The molecule has 5 heteroatoms. The number of imidazole rings is 1. The highest BCUT2D eigenvalue weighted by Crippen LogP contribution is 2.38. The molecule has 3 heterocycles. The average molecular weight is 380 g/mol. The Bertz CT molecular complexity index is 967. The maximum absolute atomic E-state index is 4.94. The van der Waals surface area contributed by atoms with Gasteiger partial charge in [0, 0.05) is 29.0 Å². The molecule has 0 unspecified atom stereocenters. The topological polar surface area (TPSA) is 30.7 Å². The molecule has 0 fully saturated rings. The second-order valence-electron chi connectivity index (χ2n) is 6.65. The molecular weight excluding hydrogens is 358 g/mol. The Morgan fingerprint density at radius 3 is 2.73 bits per heavy atom. The van der Waals surface area contributed by atoms with E-state index in [2.05, 4.69) is 66.1 Å². The van der Waals surface area contributed by atoms with Crippen LogP contribution in [-0.2, 0) is 6.54 Å². The summed E-state index contributed by atoms with van der Waals surface area (Å²) in [6.07, 6.45) is 1.88. The van der Waals surface area contributed by atoms with Crippen molar-refractivity contribution in [2.75, 3.05) is 5.75 Å². The van der Waals surface area contributed by atoms with E-state index >= 15 is 0 Å². The van der Waals surface area contributed by atoms with E-state index in [1.807, 2.05) is 24.0 Å². The molecule has 1 aliphatic heterocycles. The Morgan fingerprint density at radius 1 is 1.19 bits per heavy atom. The molecular formula is C21H21N3S2. The minimum Gasteiger partial charge on any atom is -0.316 e. The van der Waals surface area contributed by atoms with Gasteiger partial charge in [-0.2, -0.15) is 0 Å². The van der Waals surface area contributed by atoms with E-state index in [4.69, 9.17) is 4.98 Å². The van der Waals surface area contributed by atoms with E-state index in [1.54, 1.807) is 11.8 Å². The molecule has 0 spiro atoms. The van der Waals surface area contributed by atoms with Gasteiger partial charge >= 0.3 is 0 Å². The number of aromatic nitrogens is 3. The lowest BCUT2D eigenvalue weighted by atomic mass is 10.1. The van der Waals surface area contributed by atoms with E-state index < -0.39 is 0 Å². The molecule has 0 radical (unpaired) electrons. The molecule has 3 aromatic rings. The number of hydrogen-bond donors (Lipinski definition) is 0. The van der Waals surface area contributed by atoms with Gasteiger partial charge in [-0.3, -0.25) is 4.98 Å². The van der Waals surface area contributed by atoms with Crippen LogP contribution in [0.2, 0.25) is 0 Å². The number of hydrogen-bond acceptors (Lipinski definition) is 4. The number of allylic oxidation sites excluding steroid dienone is 1. The molecule has 4 rings (SSSR count). The zero-order valence-electron chi connectivity index (χ0n) is 15.2. The predicted octanol–water partition coefficient (Wildman–Crippen LogP) is 6.04. The number of benzene rings is 1. The van der Waals surface area contributed by atoms with Crippen molar-refractivity contribution < 1.29 is 0 Å². The van der Waals surface area contributed by atoms with Gasteiger partial charge in [0.15, 0.2) is 5.16 Å². The number of thioether (sulfide) groups is 2.